The molecule has 0 atom stereocenters. The van der Waals surface area contributed by atoms with Crippen LogP contribution in [-0.4, -0.2) is 29.7 Å². The highest BCUT2D eigenvalue weighted by Crippen LogP contribution is 2.44. The minimum Gasteiger partial charge on any atom is -0.465 e. The van der Waals surface area contributed by atoms with Crippen LogP contribution in [0.2, 0.25) is 0 Å². The van der Waals surface area contributed by atoms with Crippen LogP contribution in [0.15, 0.2) is 47.8 Å². The summed E-state index contributed by atoms with van der Waals surface area (Å²) in [5.41, 5.74) is 0.303. The van der Waals surface area contributed by atoms with Crippen molar-refractivity contribution in [3.8, 4) is 0 Å². The van der Waals surface area contributed by atoms with Crippen molar-refractivity contribution in [3.63, 3.8) is 0 Å². The van der Waals surface area contributed by atoms with E-state index in [0.29, 0.717) is 51.1 Å². The van der Waals surface area contributed by atoms with Gasteiger partial charge >= 0.3 is 0 Å². The average molecular weight is 332 g/mol. The predicted molar refractivity (Wildman–Crippen MR) is 87.5 cm³/mol. The molecule has 1 spiro atoms. The maximum Gasteiger partial charge on any atom is 0.170 e. The third kappa shape index (κ3) is 3.16. The second-order valence-corrected chi connectivity index (χ2v) is 6.91. The summed E-state index contributed by atoms with van der Waals surface area (Å²) >= 11 is 0. The highest BCUT2D eigenvalue weighted by molar-refractivity contribution is 5.24. The molecule has 4 rings (SSSR count). The van der Waals surface area contributed by atoms with E-state index in [4.69, 9.17) is 18.9 Å². The predicted octanol–water partition coefficient (Wildman–Crippen LogP) is 3.43. The van der Waals surface area contributed by atoms with Gasteiger partial charge in [-0.1, -0.05) is 23.8 Å². The van der Waals surface area contributed by atoms with Gasteiger partial charge < -0.3 is 24.1 Å². The summed E-state index contributed by atoms with van der Waals surface area (Å²) in [7, 11) is 0. The van der Waals surface area contributed by atoms with E-state index in [1.807, 2.05) is 0 Å². The van der Waals surface area contributed by atoms with Gasteiger partial charge in [-0.25, -0.2) is 0 Å². The van der Waals surface area contributed by atoms with E-state index in [-0.39, 0.29) is 0 Å². The zero-order valence-corrected chi connectivity index (χ0v) is 13.8. The van der Waals surface area contributed by atoms with E-state index in [1.54, 1.807) is 6.26 Å². The normalized spacial score (nSPS) is 27.8. The van der Waals surface area contributed by atoms with Crippen LogP contribution in [0.5, 0.6) is 0 Å². The molecule has 0 aromatic rings. The van der Waals surface area contributed by atoms with E-state index in [1.165, 1.54) is 11.8 Å². The highest BCUT2D eigenvalue weighted by Gasteiger charge is 2.48. The molecule has 0 aromatic heterocycles. The average Bonchev–Trinajstić information content (AvgIpc) is 3.08. The van der Waals surface area contributed by atoms with Gasteiger partial charge in [0.15, 0.2) is 11.5 Å². The van der Waals surface area contributed by atoms with Crippen LogP contribution >= 0.6 is 0 Å². The Morgan fingerprint density at radius 3 is 2.54 bits per heavy atom. The summed E-state index contributed by atoms with van der Waals surface area (Å²) in [5.74, 6) is 0.746. The van der Waals surface area contributed by atoms with Gasteiger partial charge in [0.2, 0.25) is 0 Å². The molecular formula is C19H24O5. The molecule has 130 valence electrons. The lowest BCUT2D eigenvalue weighted by molar-refractivity contribution is -0.201. The second kappa shape index (κ2) is 6.39. The third-order valence-corrected chi connectivity index (χ3v) is 5.23. The first-order valence-electron chi connectivity index (χ1n) is 8.75. The number of ether oxygens (including phenoxy) is 4. The van der Waals surface area contributed by atoms with Crippen LogP contribution in [0, 0.1) is 0 Å². The van der Waals surface area contributed by atoms with Crippen LogP contribution in [0.1, 0.15) is 44.9 Å². The molecule has 0 amide bonds. The summed E-state index contributed by atoms with van der Waals surface area (Å²) in [5, 5.41) is 11.0. The molecule has 1 saturated carbocycles. The molecule has 24 heavy (non-hydrogen) atoms. The molecule has 0 unspecified atom stereocenters. The van der Waals surface area contributed by atoms with Crippen molar-refractivity contribution in [3.05, 3.63) is 47.8 Å². The molecule has 4 aliphatic rings. The molecule has 0 bridgehead atoms. The molecule has 2 aliphatic carbocycles. The first-order valence-corrected chi connectivity index (χ1v) is 8.75. The third-order valence-electron chi connectivity index (χ3n) is 5.23. The molecule has 0 radical (unpaired) electrons. The van der Waals surface area contributed by atoms with Gasteiger partial charge in [-0.15, -0.1) is 0 Å². The summed E-state index contributed by atoms with van der Waals surface area (Å²) < 4.78 is 22.9. The monoisotopic (exact) mass is 332 g/mol. The molecule has 1 N–H and O–H groups in total. The molecule has 0 aromatic carbocycles. The fourth-order valence-corrected chi connectivity index (χ4v) is 3.74. The molecule has 2 aliphatic heterocycles. The summed E-state index contributed by atoms with van der Waals surface area (Å²) in [4.78, 5) is 0. The fraction of sp³-hybridized carbons (Fsp3) is 0.579. The Bertz CT molecular complexity index is 597. The first-order chi connectivity index (χ1) is 11.7. The Hall–Kier alpha value is -1.56. The Labute approximate surface area is 142 Å². The zero-order chi connectivity index (χ0) is 16.5. The Balaban J connectivity index is 1.38. The summed E-state index contributed by atoms with van der Waals surface area (Å²) in [6.45, 7) is 1.27. The van der Waals surface area contributed by atoms with E-state index < -0.39 is 11.4 Å². The van der Waals surface area contributed by atoms with E-state index >= 15 is 0 Å². The highest BCUT2D eigenvalue weighted by atomic mass is 16.7. The maximum absolute atomic E-state index is 11.0. The van der Waals surface area contributed by atoms with Crippen molar-refractivity contribution < 1.29 is 24.1 Å². The molecule has 2 fully saturated rings. The largest absolute Gasteiger partial charge is 0.465 e. The van der Waals surface area contributed by atoms with E-state index in [2.05, 4.69) is 18.2 Å². The summed E-state index contributed by atoms with van der Waals surface area (Å²) in [6, 6.07) is 0. The summed E-state index contributed by atoms with van der Waals surface area (Å²) in [6.07, 6.45) is 14.7. The first kappa shape index (κ1) is 15.9. The van der Waals surface area contributed by atoms with Crippen molar-refractivity contribution in [2.45, 2.75) is 56.3 Å². The zero-order valence-electron chi connectivity index (χ0n) is 13.8. The molecular weight excluding hydrogens is 308 g/mol. The van der Waals surface area contributed by atoms with Gasteiger partial charge in [0, 0.05) is 19.3 Å². The lowest BCUT2D eigenvalue weighted by Gasteiger charge is -2.41. The molecule has 1 saturated heterocycles. The van der Waals surface area contributed by atoms with Gasteiger partial charge in [-0.3, -0.25) is 0 Å². The van der Waals surface area contributed by atoms with Crippen LogP contribution in [0.4, 0.5) is 0 Å². The number of hydrogen-bond donors (Lipinski definition) is 1. The SMILES string of the molecule is OC1(C2=COC=C(CC3=CC=CCC3)O2)CCC2(CC1)OCCO2. The Morgan fingerprint density at radius 2 is 1.83 bits per heavy atom. The molecule has 5 heteroatoms. The van der Waals surface area contributed by atoms with Crippen molar-refractivity contribution in [2.24, 2.45) is 0 Å². The Morgan fingerprint density at radius 1 is 1.04 bits per heavy atom. The van der Waals surface area contributed by atoms with Crippen molar-refractivity contribution in [2.75, 3.05) is 13.2 Å². The number of hydrogen-bond acceptors (Lipinski definition) is 5. The van der Waals surface area contributed by atoms with Gasteiger partial charge in [0.05, 0.1) is 13.2 Å². The molecule has 2 heterocycles. The van der Waals surface area contributed by atoms with Crippen molar-refractivity contribution in [1.29, 1.82) is 0 Å². The van der Waals surface area contributed by atoms with Gasteiger partial charge in [0.1, 0.15) is 23.9 Å². The lowest BCUT2D eigenvalue weighted by atomic mass is 9.80. The number of aliphatic hydroxyl groups is 1. The maximum atomic E-state index is 11.0. The minimum atomic E-state index is -1.01. The van der Waals surface area contributed by atoms with Crippen molar-refractivity contribution in [1.82, 2.24) is 0 Å². The van der Waals surface area contributed by atoms with Crippen LogP contribution in [0.3, 0.4) is 0 Å². The Kier molecular flexibility index (Phi) is 4.24. The quantitative estimate of drug-likeness (QED) is 0.858. The minimum absolute atomic E-state index is 0.500. The standard InChI is InChI=1S/C19H24O5/c20-18(6-8-19(9-7-18)22-10-11-23-19)17-14-21-13-16(24-17)12-15-4-2-1-3-5-15/h1-2,4,13-14,20H,3,5-12H2. The van der Waals surface area contributed by atoms with Gasteiger partial charge in [-0.05, 0) is 25.7 Å². The molecule has 5 nitrogen and oxygen atoms in total. The number of rotatable bonds is 3. The van der Waals surface area contributed by atoms with Crippen LogP contribution in [-0.2, 0) is 18.9 Å². The van der Waals surface area contributed by atoms with Gasteiger partial charge in [0.25, 0.3) is 0 Å². The van der Waals surface area contributed by atoms with Crippen molar-refractivity contribution >= 4 is 0 Å². The van der Waals surface area contributed by atoms with E-state index in [9.17, 15) is 5.11 Å². The van der Waals surface area contributed by atoms with Crippen LogP contribution in [0.25, 0.3) is 0 Å². The van der Waals surface area contributed by atoms with E-state index in [0.717, 1.165) is 18.6 Å². The fourth-order valence-electron chi connectivity index (χ4n) is 3.74. The second-order valence-electron chi connectivity index (χ2n) is 6.91. The van der Waals surface area contributed by atoms with Crippen LogP contribution < -0.4 is 0 Å². The van der Waals surface area contributed by atoms with Gasteiger partial charge in [-0.2, -0.15) is 0 Å². The lowest BCUT2D eigenvalue weighted by Crippen LogP contribution is -2.45. The topological polar surface area (TPSA) is 57.2 Å². The number of allylic oxidation sites excluding steroid dienone is 4. The smallest absolute Gasteiger partial charge is 0.170 e.